The fourth-order valence-corrected chi connectivity index (χ4v) is 3.20. The number of nitrogens with zero attached hydrogens (tertiary/aromatic N) is 2. The fourth-order valence-electron chi connectivity index (χ4n) is 3.20. The van der Waals surface area contributed by atoms with E-state index in [2.05, 4.69) is 37.9 Å². The van der Waals surface area contributed by atoms with Crippen molar-refractivity contribution in [2.24, 2.45) is 17.6 Å². The van der Waals surface area contributed by atoms with Crippen LogP contribution < -0.4 is 5.73 Å². The van der Waals surface area contributed by atoms with Gasteiger partial charge in [-0.3, -0.25) is 0 Å². The van der Waals surface area contributed by atoms with Crippen molar-refractivity contribution < 1.29 is 0 Å². The van der Waals surface area contributed by atoms with Gasteiger partial charge in [0.2, 0.25) is 0 Å². The first-order chi connectivity index (χ1) is 7.56. The second kappa shape index (κ2) is 6.58. The largest absolute Gasteiger partial charge is 0.330 e. The Morgan fingerprint density at radius 1 is 1.31 bits per heavy atom. The summed E-state index contributed by atoms with van der Waals surface area (Å²) in [6.45, 7) is 5.68. The molecule has 0 bridgehead atoms. The number of hydrogen-bond donors (Lipinski definition) is 1. The Balaban J connectivity index is 2.55. The third kappa shape index (κ3) is 3.72. The summed E-state index contributed by atoms with van der Waals surface area (Å²) in [4.78, 5) is 4.85. The molecule has 96 valence electrons. The van der Waals surface area contributed by atoms with E-state index in [0.29, 0.717) is 12.0 Å². The molecule has 0 saturated carbocycles. The van der Waals surface area contributed by atoms with Gasteiger partial charge < -0.3 is 15.5 Å². The van der Waals surface area contributed by atoms with E-state index in [1.807, 2.05) is 0 Å². The lowest BCUT2D eigenvalue weighted by Crippen LogP contribution is -2.45. The summed E-state index contributed by atoms with van der Waals surface area (Å²) >= 11 is 0. The molecule has 0 aromatic rings. The summed E-state index contributed by atoms with van der Waals surface area (Å²) in [5, 5.41) is 0. The Morgan fingerprint density at radius 2 is 1.88 bits per heavy atom. The predicted octanol–water partition coefficient (Wildman–Crippen LogP) is 1.24. The van der Waals surface area contributed by atoms with Gasteiger partial charge in [-0.25, -0.2) is 0 Å². The molecule has 3 nitrogen and oxygen atoms in total. The highest BCUT2D eigenvalue weighted by Crippen LogP contribution is 2.28. The van der Waals surface area contributed by atoms with Gasteiger partial charge in [-0.1, -0.05) is 6.92 Å². The standard InChI is InChI=1S/C13H29N3/c1-11(5-8-14)13(15(2)3)12-6-9-16(4)10-7-12/h11-13H,5-10,14H2,1-4H3. The minimum atomic E-state index is 0.706. The van der Waals surface area contributed by atoms with Gasteiger partial charge in [-0.05, 0) is 71.9 Å². The third-order valence-electron chi connectivity index (χ3n) is 4.05. The van der Waals surface area contributed by atoms with Crippen LogP contribution in [0.1, 0.15) is 26.2 Å². The number of nitrogens with two attached hydrogens (primary N) is 1. The van der Waals surface area contributed by atoms with Gasteiger partial charge in [0.15, 0.2) is 0 Å². The number of hydrogen-bond acceptors (Lipinski definition) is 3. The SMILES string of the molecule is CC(CCN)C(C1CCN(C)CC1)N(C)C. The van der Waals surface area contributed by atoms with Crippen LogP contribution in [0, 0.1) is 11.8 Å². The zero-order valence-corrected chi connectivity index (χ0v) is 11.4. The maximum Gasteiger partial charge on any atom is 0.0144 e. The maximum absolute atomic E-state index is 5.69. The molecule has 1 fully saturated rings. The van der Waals surface area contributed by atoms with Crippen LogP contribution in [0.2, 0.25) is 0 Å². The first-order valence-corrected chi connectivity index (χ1v) is 6.61. The summed E-state index contributed by atoms with van der Waals surface area (Å²) in [6, 6.07) is 0.706. The monoisotopic (exact) mass is 227 g/mol. The molecule has 3 heteroatoms. The summed E-state index contributed by atoms with van der Waals surface area (Å²) in [5.41, 5.74) is 5.69. The molecule has 0 aliphatic carbocycles. The molecule has 0 aromatic carbocycles. The highest BCUT2D eigenvalue weighted by atomic mass is 15.1. The predicted molar refractivity (Wildman–Crippen MR) is 70.5 cm³/mol. The van der Waals surface area contributed by atoms with Crippen molar-refractivity contribution >= 4 is 0 Å². The molecular formula is C13H29N3. The Kier molecular flexibility index (Phi) is 5.73. The van der Waals surface area contributed by atoms with Crippen molar-refractivity contribution in [1.82, 2.24) is 9.80 Å². The first kappa shape index (κ1) is 13.9. The van der Waals surface area contributed by atoms with E-state index >= 15 is 0 Å². The molecule has 2 N–H and O–H groups in total. The molecule has 16 heavy (non-hydrogen) atoms. The molecule has 1 rings (SSSR count). The summed E-state index contributed by atoms with van der Waals surface area (Å²) in [7, 11) is 6.66. The van der Waals surface area contributed by atoms with E-state index in [9.17, 15) is 0 Å². The molecular weight excluding hydrogens is 198 g/mol. The van der Waals surface area contributed by atoms with Crippen molar-refractivity contribution in [3.05, 3.63) is 0 Å². The zero-order valence-electron chi connectivity index (χ0n) is 11.4. The maximum atomic E-state index is 5.69. The third-order valence-corrected chi connectivity index (χ3v) is 4.05. The molecule has 2 unspecified atom stereocenters. The highest BCUT2D eigenvalue weighted by molar-refractivity contribution is 4.84. The highest BCUT2D eigenvalue weighted by Gasteiger charge is 2.30. The van der Waals surface area contributed by atoms with Gasteiger partial charge in [0.1, 0.15) is 0 Å². The quantitative estimate of drug-likeness (QED) is 0.767. The van der Waals surface area contributed by atoms with Crippen molar-refractivity contribution in [3.63, 3.8) is 0 Å². The van der Waals surface area contributed by atoms with Crippen molar-refractivity contribution in [2.45, 2.75) is 32.2 Å². The average molecular weight is 227 g/mol. The van der Waals surface area contributed by atoms with Crippen LogP contribution in [-0.4, -0.2) is 56.6 Å². The number of piperidine rings is 1. The second-order valence-electron chi connectivity index (χ2n) is 5.65. The molecule has 2 atom stereocenters. The Labute approximate surface area is 101 Å². The van der Waals surface area contributed by atoms with E-state index < -0.39 is 0 Å². The fraction of sp³-hybridized carbons (Fsp3) is 1.00. The summed E-state index contributed by atoms with van der Waals surface area (Å²) < 4.78 is 0. The van der Waals surface area contributed by atoms with E-state index in [1.54, 1.807) is 0 Å². The van der Waals surface area contributed by atoms with Crippen molar-refractivity contribution in [2.75, 3.05) is 40.8 Å². The van der Waals surface area contributed by atoms with Gasteiger partial charge in [0, 0.05) is 6.04 Å². The van der Waals surface area contributed by atoms with Crippen LogP contribution in [0.3, 0.4) is 0 Å². The zero-order chi connectivity index (χ0) is 12.1. The molecule has 0 amide bonds. The van der Waals surface area contributed by atoms with Gasteiger partial charge in [0.25, 0.3) is 0 Å². The van der Waals surface area contributed by atoms with Gasteiger partial charge in [0.05, 0.1) is 0 Å². The van der Waals surface area contributed by atoms with Gasteiger partial charge >= 0.3 is 0 Å². The van der Waals surface area contributed by atoms with Crippen molar-refractivity contribution in [1.29, 1.82) is 0 Å². The second-order valence-corrected chi connectivity index (χ2v) is 5.65. The van der Waals surface area contributed by atoms with E-state index in [4.69, 9.17) is 5.73 Å². The molecule has 1 saturated heterocycles. The first-order valence-electron chi connectivity index (χ1n) is 6.61. The van der Waals surface area contributed by atoms with E-state index in [0.717, 1.165) is 18.9 Å². The summed E-state index contributed by atoms with van der Waals surface area (Å²) in [5.74, 6) is 1.57. The van der Waals surface area contributed by atoms with Crippen LogP contribution >= 0.6 is 0 Å². The van der Waals surface area contributed by atoms with E-state index in [-0.39, 0.29) is 0 Å². The smallest absolute Gasteiger partial charge is 0.0144 e. The molecule has 0 radical (unpaired) electrons. The minimum Gasteiger partial charge on any atom is -0.330 e. The van der Waals surface area contributed by atoms with Gasteiger partial charge in [-0.2, -0.15) is 0 Å². The van der Waals surface area contributed by atoms with Crippen LogP contribution in [0.25, 0.3) is 0 Å². The lowest BCUT2D eigenvalue weighted by molar-refractivity contribution is 0.0928. The molecule has 1 heterocycles. The number of likely N-dealkylation sites (tertiary alicyclic amines) is 1. The Hall–Kier alpha value is -0.120. The minimum absolute atomic E-state index is 0.706. The molecule has 0 aromatic heterocycles. The van der Waals surface area contributed by atoms with Crippen LogP contribution in [-0.2, 0) is 0 Å². The number of rotatable bonds is 5. The van der Waals surface area contributed by atoms with Crippen molar-refractivity contribution in [3.8, 4) is 0 Å². The Bertz CT molecular complexity index is 186. The molecule has 0 spiro atoms. The van der Waals surface area contributed by atoms with Crippen LogP contribution in [0.5, 0.6) is 0 Å². The van der Waals surface area contributed by atoms with Crippen LogP contribution in [0.15, 0.2) is 0 Å². The van der Waals surface area contributed by atoms with Crippen LogP contribution in [0.4, 0.5) is 0 Å². The molecule has 1 aliphatic rings. The lowest BCUT2D eigenvalue weighted by atomic mass is 9.81. The van der Waals surface area contributed by atoms with Gasteiger partial charge in [-0.15, -0.1) is 0 Å². The average Bonchev–Trinajstić information content (AvgIpc) is 2.21. The Morgan fingerprint density at radius 3 is 2.31 bits per heavy atom. The topological polar surface area (TPSA) is 32.5 Å². The lowest BCUT2D eigenvalue weighted by Gasteiger charge is -2.40. The van der Waals surface area contributed by atoms with E-state index in [1.165, 1.54) is 25.9 Å². The normalized spacial score (nSPS) is 23.6. The molecule has 1 aliphatic heterocycles. The summed E-state index contributed by atoms with van der Waals surface area (Å²) in [6.07, 6.45) is 3.83.